The smallest absolute Gasteiger partial charge is 0.325 e. The lowest BCUT2D eigenvalue weighted by molar-refractivity contribution is -0.315. The number of hydrogen-bond donors (Lipinski definition) is 4. The van der Waals surface area contributed by atoms with E-state index in [4.69, 9.17) is 18.9 Å². The molecule has 1 fully saturated rings. The van der Waals surface area contributed by atoms with Crippen molar-refractivity contribution >= 4 is 23.9 Å². The zero-order valence-electron chi connectivity index (χ0n) is 30.7. The second-order valence-electron chi connectivity index (χ2n) is 12.4. The topological polar surface area (TPSA) is 245 Å². The van der Waals surface area contributed by atoms with Gasteiger partial charge in [0, 0.05) is 59.0 Å². The van der Waals surface area contributed by atoms with Crippen LogP contribution in [-0.2, 0) is 39.8 Å². The number of carboxylic acid groups (broad SMARTS) is 3. The van der Waals surface area contributed by atoms with Crippen LogP contribution in [0.1, 0.15) is 25.3 Å². The number of hydrogen-bond acceptors (Lipinski definition) is 17. The number of methoxy groups -OCH3 is 1. The molecule has 0 radical (unpaired) electrons. The Balaban J connectivity index is 2.25. The zero-order valence-corrected chi connectivity index (χ0v) is 30.7. The Kier molecular flexibility index (Phi) is 22.0. The summed E-state index contributed by atoms with van der Waals surface area (Å²) >= 11 is 0. The maximum Gasteiger partial charge on any atom is 0.325 e. The van der Waals surface area contributed by atoms with Gasteiger partial charge in [0.25, 0.3) is 0 Å². The zero-order chi connectivity index (χ0) is 39.2. The van der Waals surface area contributed by atoms with Crippen LogP contribution in [0.4, 0.5) is 0 Å². The monoisotopic (exact) mass is 756 g/mol. The van der Waals surface area contributed by atoms with Crippen LogP contribution in [-0.4, -0.2) is 200 Å². The number of carboxylic acids is 3. The van der Waals surface area contributed by atoms with Crippen LogP contribution in [0.25, 0.3) is 0 Å². The first-order valence-corrected chi connectivity index (χ1v) is 17.9. The van der Waals surface area contributed by atoms with Gasteiger partial charge >= 0.3 is 11.9 Å². The van der Waals surface area contributed by atoms with Crippen molar-refractivity contribution in [3.8, 4) is 5.75 Å². The average Bonchev–Trinajstić information content (AvgIpc) is 3.13. The number of aliphatic hydroxyl groups excluding tert-OH is 3. The van der Waals surface area contributed by atoms with Crippen molar-refractivity contribution in [1.82, 2.24) is 19.6 Å². The van der Waals surface area contributed by atoms with Crippen molar-refractivity contribution in [1.29, 1.82) is 0 Å². The molecule has 1 aromatic rings. The van der Waals surface area contributed by atoms with Gasteiger partial charge in [0.05, 0.1) is 70.8 Å². The summed E-state index contributed by atoms with van der Waals surface area (Å²) in [6.07, 6.45) is 1.26. The van der Waals surface area contributed by atoms with Crippen molar-refractivity contribution in [2.24, 2.45) is 0 Å². The standard InChI is InChI=1S/C35H58N4O14/c1-3-51-19-20-52-21-22-53-27-9-7-26(8-10-27)5-4-6-28(32(43)44)36-11-13-37(29(23-40)33(45)46)14-15-38(30(24-41)34(47)48)16-18-39(17-12-36)31(25-42)35(49)50-2/h7-10,28-31,40-42H,3-6,11-25H2,1-2H3,(H,43,44)(H,45,46)(H,47,48)/p-2/t28-,29+,30+,31+/m1/s1. The molecule has 18 nitrogen and oxygen atoms in total. The van der Waals surface area contributed by atoms with E-state index in [1.54, 1.807) is 9.80 Å². The fourth-order valence-electron chi connectivity index (χ4n) is 6.17. The molecular formula is C35H56N4O14-2. The highest BCUT2D eigenvalue weighted by molar-refractivity contribution is 5.76. The molecule has 4 atom stereocenters. The van der Waals surface area contributed by atoms with E-state index in [2.05, 4.69) is 0 Å². The molecule has 0 aromatic heterocycles. The van der Waals surface area contributed by atoms with E-state index in [9.17, 15) is 49.8 Å². The maximum atomic E-state index is 12.7. The third-order valence-electron chi connectivity index (χ3n) is 9.22. The first-order valence-electron chi connectivity index (χ1n) is 17.9. The highest BCUT2D eigenvalue weighted by atomic mass is 16.5. The predicted molar refractivity (Wildman–Crippen MR) is 185 cm³/mol. The second kappa shape index (κ2) is 25.5. The summed E-state index contributed by atoms with van der Waals surface area (Å²) in [6, 6.07) is 2.32. The van der Waals surface area contributed by atoms with Crippen molar-refractivity contribution < 1.29 is 68.8 Å². The first kappa shape index (κ1) is 45.7. The third kappa shape index (κ3) is 15.8. The summed E-state index contributed by atoms with van der Waals surface area (Å²) < 4.78 is 21.3. The Labute approximate surface area is 310 Å². The Morgan fingerprint density at radius 3 is 1.53 bits per heavy atom. The van der Waals surface area contributed by atoms with Crippen molar-refractivity contribution in [2.75, 3.05) is 112 Å². The molecule has 0 aliphatic carbocycles. The van der Waals surface area contributed by atoms with Crippen LogP contribution < -0.4 is 14.9 Å². The number of nitrogens with zero attached hydrogens (tertiary/aromatic N) is 4. The van der Waals surface area contributed by atoms with E-state index in [0.29, 0.717) is 51.6 Å². The second-order valence-corrected chi connectivity index (χ2v) is 12.4. The summed E-state index contributed by atoms with van der Waals surface area (Å²) in [5, 5.41) is 64.2. The number of carbonyl (C=O) groups is 4. The number of rotatable bonds is 23. The Morgan fingerprint density at radius 1 is 0.679 bits per heavy atom. The molecule has 1 heterocycles. The minimum atomic E-state index is -1.57. The summed E-state index contributed by atoms with van der Waals surface area (Å²) in [5.41, 5.74) is 0.964. The van der Waals surface area contributed by atoms with Crippen LogP contribution >= 0.6 is 0 Å². The highest BCUT2D eigenvalue weighted by Crippen LogP contribution is 2.17. The van der Waals surface area contributed by atoms with Gasteiger partial charge in [0.1, 0.15) is 24.4 Å². The molecule has 1 aromatic carbocycles. The summed E-state index contributed by atoms with van der Waals surface area (Å²) in [4.78, 5) is 55.2. The number of ether oxygens (including phenoxy) is 4. The van der Waals surface area contributed by atoms with Gasteiger partial charge in [-0.25, -0.2) is 0 Å². The molecule has 2 rings (SSSR count). The molecule has 0 spiro atoms. The van der Waals surface area contributed by atoms with Crippen molar-refractivity contribution in [3.63, 3.8) is 0 Å². The molecule has 1 aliphatic rings. The minimum Gasteiger partial charge on any atom is -0.548 e. The molecular weight excluding hydrogens is 700 g/mol. The largest absolute Gasteiger partial charge is 0.548 e. The number of carbonyl (C=O) groups excluding carboxylic acids is 3. The molecule has 0 bridgehead atoms. The highest BCUT2D eigenvalue weighted by Gasteiger charge is 2.32. The maximum absolute atomic E-state index is 12.7. The Morgan fingerprint density at radius 2 is 1.11 bits per heavy atom. The first-order chi connectivity index (χ1) is 25.5. The van der Waals surface area contributed by atoms with Crippen LogP contribution in [0.5, 0.6) is 5.75 Å². The van der Waals surface area contributed by atoms with Gasteiger partial charge in [-0.3, -0.25) is 29.2 Å². The third-order valence-corrected chi connectivity index (χ3v) is 9.22. The van der Waals surface area contributed by atoms with Gasteiger partial charge in [0.15, 0.2) is 0 Å². The van der Waals surface area contributed by atoms with Crippen LogP contribution in [0.2, 0.25) is 0 Å². The summed E-state index contributed by atoms with van der Waals surface area (Å²) in [5.74, 6) is -4.33. The Bertz CT molecular complexity index is 1230. The van der Waals surface area contributed by atoms with E-state index in [1.165, 1.54) is 9.80 Å². The fraction of sp³-hybridized carbons (Fsp3) is 0.714. The number of benzene rings is 1. The van der Waals surface area contributed by atoms with Crippen molar-refractivity contribution in [3.05, 3.63) is 29.8 Å². The lowest BCUT2D eigenvalue weighted by Gasteiger charge is -2.40. The Hall–Kier alpha value is -3.46. The summed E-state index contributed by atoms with van der Waals surface area (Å²) in [7, 11) is 1.16. The van der Waals surface area contributed by atoms with Gasteiger partial charge in [-0.05, 0) is 43.9 Å². The van der Waals surface area contributed by atoms with Gasteiger partial charge < -0.3 is 59.2 Å². The molecule has 1 saturated heterocycles. The lowest BCUT2D eigenvalue weighted by atomic mass is 10.0. The number of aliphatic carboxylic acids is 3. The van der Waals surface area contributed by atoms with Crippen LogP contribution in [0.3, 0.4) is 0 Å². The molecule has 0 amide bonds. The quantitative estimate of drug-likeness (QED) is 0.0612. The van der Waals surface area contributed by atoms with E-state index in [0.717, 1.165) is 12.7 Å². The van der Waals surface area contributed by atoms with E-state index in [-0.39, 0.29) is 58.8 Å². The normalized spacial score (nSPS) is 18.2. The SMILES string of the molecule is CCOCCOCCOc1ccc(CCC[C@H](C(=O)O)N2CCN([C@@H](CO)C(=O)[O-])CCN([C@@H](CO)C(=O)[O-])CCN([C@@H](CO)C(=O)OC)CC2)cc1. The lowest BCUT2D eigenvalue weighted by Crippen LogP contribution is -2.59. The summed E-state index contributed by atoms with van der Waals surface area (Å²) in [6.45, 7) is 1.85. The van der Waals surface area contributed by atoms with E-state index >= 15 is 0 Å². The van der Waals surface area contributed by atoms with Gasteiger partial charge in [-0.1, -0.05) is 12.1 Å². The van der Waals surface area contributed by atoms with Crippen molar-refractivity contribution in [2.45, 2.75) is 50.4 Å². The average molecular weight is 757 g/mol. The van der Waals surface area contributed by atoms with Gasteiger partial charge in [0.2, 0.25) is 0 Å². The minimum absolute atomic E-state index is 0.0136. The van der Waals surface area contributed by atoms with E-state index < -0.39 is 67.9 Å². The molecule has 4 N–H and O–H groups in total. The number of aryl methyl sites for hydroxylation is 1. The van der Waals surface area contributed by atoms with E-state index in [1.807, 2.05) is 31.2 Å². The fourth-order valence-corrected chi connectivity index (χ4v) is 6.17. The number of esters is 1. The van der Waals surface area contributed by atoms with Gasteiger partial charge in [-0.15, -0.1) is 0 Å². The molecule has 0 unspecified atom stereocenters. The molecule has 18 heteroatoms. The number of aliphatic hydroxyl groups is 3. The molecule has 0 saturated carbocycles. The van der Waals surface area contributed by atoms with Gasteiger partial charge in [-0.2, -0.15) is 0 Å². The predicted octanol–water partition coefficient (Wildman–Crippen LogP) is -4.13. The van der Waals surface area contributed by atoms with Crippen LogP contribution in [0.15, 0.2) is 24.3 Å². The molecule has 302 valence electrons. The molecule has 1 aliphatic heterocycles. The van der Waals surface area contributed by atoms with Crippen LogP contribution in [0, 0.1) is 0 Å². The molecule has 53 heavy (non-hydrogen) atoms.